The van der Waals surface area contributed by atoms with E-state index in [0.29, 0.717) is 16.5 Å². The van der Waals surface area contributed by atoms with E-state index in [0.717, 1.165) is 4.90 Å². The molecule has 4 rings (SSSR count). The van der Waals surface area contributed by atoms with E-state index < -0.39 is 41.8 Å². The maximum absolute atomic E-state index is 12.9. The molecule has 4 N–H and O–H groups in total. The van der Waals surface area contributed by atoms with Crippen LogP contribution in [0.2, 0.25) is 0 Å². The van der Waals surface area contributed by atoms with Crippen LogP contribution in [0.3, 0.4) is 0 Å². The number of thioether (sulfide) groups is 2. The van der Waals surface area contributed by atoms with Crippen LogP contribution in [0.1, 0.15) is 5.69 Å². The van der Waals surface area contributed by atoms with Crippen LogP contribution in [0.4, 0.5) is 0 Å². The number of aryl methyl sites for hydroxylation is 1. The van der Waals surface area contributed by atoms with Gasteiger partial charge in [-0.2, -0.15) is 5.10 Å². The first-order valence-electron chi connectivity index (χ1n) is 9.75. The Bertz CT molecular complexity index is 1230. The van der Waals surface area contributed by atoms with Gasteiger partial charge >= 0.3 is 11.9 Å². The number of carbonyl (C=O) groups is 4. The molecule has 0 bridgehead atoms. The fraction of sp³-hybridized carbons (Fsp3) is 0.353. The number of aliphatic carboxylic acids is 2. The summed E-state index contributed by atoms with van der Waals surface area (Å²) in [7, 11) is 1.65. The largest absolute Gasteiger partial charge is 0.479 e. The van der Waals surface area contributed by atoms with Crippen molar-refractivity contribution in [1.29, 1.82) is 0 Å². The van der Waals surface area contributed by atoms with Crippen molar-refractivity contribution in [3.05, 3.63) is 29.2 Å². The maximum atomic E-state index is 12.9. The van der Waals surface area contributed by atoms with Crippen LogP contribution in [0.5, 0.6) is 0 Å². The third-order valence-corrected chi connectivity index (χ3v) is 7.24. The second-order valence-corrected chi connectivity index (χ2v) is 9.12. The lowest BCUT2D eigenvalue weighted by molar-refractivity contribution is -0.150. The highest BCUT2D eigenvalue weighted by Crippen LogP contribution is 2.41. The van der Waals surface area contributed by atoms with E-state index in [-0.39, 0.29) is 22.9 Å². The van der Waals surface area contributed by atoms with Gasteiger partial charge in [0.2, 0.25) is 11.8 Å². The van der Waals surface area contributed by atoms with Crippen molar-refractivity contribution in [3.8, 4) is 0 Å². The zero-order valence-corrected chi connectivity index (χ0v) is 19.4. The normalized spacial score (nSPS) is 19.7. The lowest BCUT2D eigenvalue weighted by Gasteiger charge is -2.49. The molecule has 4 heterocycles. The molecule has 2 aromatic rings. The van der Waals surface area contributed by atoms with Gasteiger partial charge in [0.15, 0.2) is 5.71 Å². The number of hydrogen-bond donors (Lipinski definition) is 4. The van der Waals surface area contributed by atoms with E-state index >= 15 is 0 Å². The van der Waals surface area contributed by atoms with E-state index in [1.807, 2.05) is 0 Å². The van der Waals surface area contributed by atoms with Gasteiger partial charge in [-0.25, -0.2) is 14.3 Å². The fourth-order valence-corrected chi connectivity index (χ4v) is 5.59. The molecule has 0 spiro atoms. The average molecular weight is 524 g/mol. The highest BCUT2D eigenvalue weighted by Gasteiger charge is 2.54. The van der Waals surface area contributed by atoms with Crippen molar-refractivity contribution in [2.45, 2.75) is 16.6 Å². The molecular formula is C17H17N9O7S2. The maximum Gasteiger partial charge on any atom is 0.352 e. The first kappa shape index (κ1) is 24.2. The minimum absolute atomic E-state index is 0.136. The number of rotatable bonds is 10. The van der Waals surface area contributed by atoms with Gasteiger partial charge in [0, 0.05) is 24.8 Å². The molecule has 2 amide bonds. The predicted octanol–water partition coefficient (Wildman–Crippen LogP) is -1.73. The average Bonchev–Trinajstić information content (AvgIpc) is 3.49. The number of carboxylic acids is 2. The van der Waals surface area contributed by atoms with E-state index in [1.165, 1.54) is 40.5 Å². The highest BCUT2D eigenvalue weighted by atomic mass is 32.2. The van der Waals surface area contributed by atoms with E-state index in [2.05, 4.69) is 41.0 Å². The van der Waals surface area contributed by atoms with Gasteiger partial charge in [-0.3, -0.25) is 19.6 Å². The molecule has 2 aromatic heterocycles. The van der Waals surface area contributed by atoms with Gasteiger partial charge in [-0.05, 0) is 22.1 Å². The number of nitrogens with zero attached hydrogens (tertiary/aromatic N) is 7. The first-order valence-corrected chi connectivity index (χ1v) is 11.8. The van der Waals surface area contributed by atoms with Crippen LogP contribution < -0.4 is 5.32 Å². The lowest BCUT2D eigenvalue weighted by Crippen LogP contribution is -2.71. The quantitative estimate of drug-likeness (QED) is 0.118. The Labute approximate surface area is 204 Å². The number of carbonyl (C=O) groups excluding carboxylic acids is 2. The molecule has 184 valence electrons. The van der Waals surface area contributed by atoms with Crippen LogP contribution in [0, 0.1) is 0 Å². The Kier molecular flexibility index (Phi) is 7.01. The summed E-state index contributed by atoms with van der Waals surface area (Å²) in [5.41, 5.74) is 0.196. The van der Waals surface area contributed by atoms with Gasteiger partial charge < -0.3 is 20.4 Å². The number of fused-ring (bicyclic) bond motifs is 1. The molecule has 1 fully saturated rings. The van der Waals surface area contributed by atoms with Crippen LogP contribution in [0.25, 0.3) is 0 Å². The molecule has 0 radical (unpaired) electrons. The van der Waals surface area contributed by atoms with Crippen molar-refractivity contribution < 1.29 is 34.2 Å². The molecule has 2 aliphatic heterocycles. The molecule has 0 unspecified atom stereocenters. The smallest absolute Gasteiger partial charge is 0.352 e. The van der Waals surface area contributed by atoms with Crippen molar-refractivity contribution in [3.63, 3.8) is 0 Å². The molecule has 0 aromatic carbocycles. The molecule has 1 saturated heterocycles. The number of tetrazole rings is 1. The number of H-pyrrole nitrogens is 1. The van der Waals surface area contributed by atoms with Crippen molar-refractivity contribution in [1.82, 2.24) is 40.6 Å². The third kappa shape index (κ3) is 4.97. The van der Waals surface area contributed by atoms with Crippen molar-refractivity contribution >= 4 is 53.0 Å². The van der Waals surface area contributed by atoms with Crippen LogP contribution in [-0.4, -0.2) is 105 Å². The summed E-state index contributed by atoms with van der Waals surface area (Å²) in [4.78, 5) is 54.2. The van der Waals surface area contributed by atoms with Gasteiger partial charge in [0.1, 0.15) is 17.1 Å². The Morgan fingerprint density at radius 2 is 2.20 bits per heavy atom. The molecular weight excluding hydrogens is 506 g/mol. The Balaban J connectivity index is 1.48. The number of carboxylic acid groups (broad SMARTS) is 2. The van der Waals surface area contributed by atoms with E-state index in [1.54, 1.807) is 7.05 Å². The molecule has 16 nitrogen and oxygen atoms in total. The summed E-state index contributed by atoms with van der Waals surface area (Å²) in [5, 5.41) is 41.8. The first-order chi connectivity index (χ1) is 16.8. The van der Waals surface area contributed by atoms with Crippen LogP contribution in [0.15, 0.2) is 33.8 Å². The predicted molar refractivity (Wildman–Crippen MR) is 118 cm³/mol. The Morgan fingerprint density at radius 1 is 1.40 bits per heavy atom. The zero-order valence-electron chi connectivity index (χ0n) is 17.8. The van der Waals surface area contributed by atoms with E-state index in [9.17, 15) is 24.3 Å². The zero-order chi connectivity index (χ0) is 25.1. The second kappa shape index (κ2) is 10.1. The molecule has 0 aliphatic carbocycles. The second-order valence-electron chi connectivity index (χ2n) is 7.07. The number of amides is 2. The fourth-order valence-electron chi connectivity index (χ4n) is 3.25. The number of aromatic nitrogens is 6. The topological polar surface area (TPSA) is 218 Å². The summed E-state index contributed by atoms with van der Waals surface area (Å²) in [6, 6.07) is 0.390. The summed E-state index contributed by atoms with van der Waals surface area (Å²) in [6.45, 7) is -0.780. The van der Waals surface area contributed by atoms with Gasteiger partial charge in [0.25, 0.3) is 11.8 Å². The summed E-state index contributed by atoms with van der Waals surface area (Å²) in [6.07, 6.45) is 1.35. The van der Waals surface area contributed by atoms with Gasteiger partial charge in [-0.15, -0.1) is 16.9 Å². The molecule has 0 saturated carbocycles. The van der Waals surface area contributed by atoms with Crippen LogP contribution in [-0.2, 0) is 31.1 Å². The van der Waals surface area contributed by atoms with Gasteiger partial charge in [-0.1, -0.05) is 16.9 Å². The summed E-state index contributed by atoms with van der Waals surface area (Å²) in [5.74, 6) is -3.42. The molecule has 18 heteroatoms. The third-order valence-electron chi connectivity index (χ3n) is 4.81. The standard InChI is InChI=1S/C17H17N9O7S2/c1-25-17(21-23-24-25)35-6-7-5-34-15-11(14(30)26(15)12(7)16(31)32)19-13(29)10(8-2-3-18-20-8)22-33-4-9(27)28/h2-3,11,15H,4-6H2,1H3,(H,18,20)(H,19,29)(H,27,28)(H,31,32)/b22-10-/t11-,15-/m1/s1. The SMILES string of the molecule is Cn1nnnc1SCC1=C(C(=O)O)N2C(=O)[C@@H](NC(=O)/C(=N\OCC(=O)O)c3ccn[nH]3)[C@H]2SC1. The van der Waals surface area contributed by atoms with Gasteiger partial charge in [0.05, 0.1) is 5.69 Å². The minimum atomic E-state index is -1.29. The molecule has 35 heavy (non-hydrogen) atoms. The van der Waals surface area contributed by atoms with Crippen molar-refractivity contribution in [2.75, 3.05) is 18.1 Å². The Morgan fingerprint density at radius 3 is 2.83 bits per heavy atom. The monoisotopic (exact) mass is 523 g/mol. The number of hydrogen-bond acceptors (Lipinski definition) is 12. The minimum Gasteiger partial charge on any atom is -0.479 e. The number of aromatic amines is 1. The van der Waals surface area contributed by atoms with Crippen molar-refractivity contribution in [2.24, 2.45) is 12.2 Å². The summed E-state index contributed by atoms with van der Waals surface area (Å²) >= 11 is 2.53. The van der Waals surface area contributed by atoms with Crippen LogP contribution >= 0.6 is 23.5 Å². The highest BCUT2D eigenvalue weighted by molar-refractivity contribution is 8.01. The number of oxime groups is 1. The molecule has 2 aliphatic rings. The summed E-state index contributed by atoms with van der Waals surface area (Å²) < 4.78 is 1.45. The van der Waals surface area contributed by atoms with E-state index in [4.69, 9.17) is 5.11 Å². The number of β-lactam (4-membered cyclic amide) rings is 1. The Hall–Kier alpha value is -3.93. The molecule has 2 atom stereocenters. The number of nitrogens with one attached hydrogen (secondary N) is 2. The lowest BCUT2D eigenvalue weighted by atomic mass is 10.0.